The maximum Gasteiger partial charge on any atom is 0.416 e. The lowest BCUT2D eigenvalue weighted by Crippen LogP contribution is -2.34. The quantitative estimate of drug-likeness (QED) is 0.816. The van der Waals surface area contributed by atoms with E-state index in [2.05, 4.69) is 12.2 Å². The number of benzene rings is 1. The summed E-state index contributed by atoms with van der Waals surface area (Å²) in [7, 11) is 0. The fourth-order valence-corrected chi connectivity index (χ4v) is 2.77. The Balaban J connectivity index is 1.95. The van der Waals surface area contributed by atoms with Crippen molar-refractivity contribution in [2.45, 2.75) is 51.2 Å². The molecule has 0 aromatic heterocycles. The van der Waals surface area contributed by atoms with E-state index < -0.39 is 11.7 Å². The number of alkyl halides is 3. The Hall–Kier alpha value is -1.03. The van der Waals surface area contributed by atoms with Crippen molar-refractivity contribution < 1.29 is 13.2 Å². The third kappa shape index (κ3) is 4.23. The molecule has 1 unspecified atom stereocenters. The molecule has 0 aliphatic heterocycles. The van der Waals surface area contributed by atoms with Gasteiger partial charge in [-0.2, -0.15) is 13.2 Å². The molecule has 1 nitrogen and oxygen atoms in total. The van der Waals surface area contributed by atoms with Crippen molar-refractivity contribution in [3.63, 3.8) is 0 Å². The molecule has 0 heterocycles. The van der Waals surface area contributed by atoms with Crippen molar-refractivity contribution in [3.05, 3.63) is 35.4 Å². The molecule has 2 rings (SSSR count). The van der Waals surface area contributed by atoms with Crippen molar-refractivity contribution in [3.8, 4) is 0 Å². The van der Waals surface area contributed by atoms with Crippen molar-refractivity contribution >= 4 is 0 Å². The molecule has 1 fully saturated rings. The van der Waals surface area contributed by atoms with Gasteiger partial charge in [0, 0.05) is 6.04 Å². The van der Waals surface area contributed by atoms with Crippen LogP contribution in [0.5, 0.6) is 0 Å². The number of nitrogens with one attached hydrogen (secondary N) is 1. The van der Waals surface area contributed by atoms with E-state index in [1.807, 2.05) is 0 Å². The first-order valence-corrected chi connectivity index (χ1v) is 7.38. The van der Waals surface area contributed by atoms with Gasteiger partial charge in [0.2, 0.25) is 0 Å². The summed E-state index contributed by atoms with van der Waals surface area (Å²) in [6.07, 6.45) is 1.62. The topological polar surface area (TPSA) is 12.0 Å². The molecule has 112 valence electrons. The fourth-order valence-electron chi connectivity index (χ4n) is 2.77. The van der Waals surface area contributed by atoms with Gasteiger partial charge in [-0.3, -0.25) is 0 Å². The molecule has 20 heavy (non-hydrogen) atoms. The van der Waals surface area contributed by atoms with Crippen molar-refractivity contribution in [1.82, 2.24) is 5.32 Å². The minimum absolute atomic E-state index is 0.377. The molecule has 1 aliphatic carbocycles. The number of hydrogen-bond acceptors (Lipinski definition) is 1. The maximum absolute atomic E-state index is 12.5. The molecule has 1 aliphatic rings. The van der Waals surface area contributed by atoms with Gasteiger partial charge in [-0.15, -0.1) is 0 Å². The van der Waals surface area contributed by atoms with Gasteiger partial charge in [0.05, 0.1) is 5.56 Å². The van der Waals surface area contributed by atoms with Crippen LogP contribution in [0, 0.1) is 5.92 Å². The number of likely N-dealkylation sites (N-methyl/N-ethyl adjacent to an activating group) is 1. The van der Waals surface area contributed by atoms with Crippen LogP contribution in [0.25, 0.3) is 0 Å². The molecule has 0 radical (unpaired) electrons. The highest BCUT2D eigenvalue weighted by Crippen LogP contribution is 2.32. The minimum Gasteiger partial charge on any atom is -0.314 e. The highest BCUT2D eigenvalue weighted by molar-refractivity contribution is 5.25. The Bertz CT molecular complexity index is 407. The van der Waals surface area contributed by atoms with Gasteiger partial charge in [-0.05, 0) is 43.0 Å². The van der Waals surface area contributed by atoms with Crippen LogP contribution in [0.4, 0.5) is 13.2 Å². The monoisotopic (exact) mass is 285 g/mol. The standard InChI is InChI=1S/C16H22F3N/c1-2-20-15(10-12-4-3-5-12)11-13-6-8-14(9-7-13)16(17,18)19/h6-9,12,15,20H,2-5,10-11H2,1H3. The number of rotatable bonds is 6. The van der Waals surface area contributed by atoms with E-state index in [4.69, 9.17) is 0 Å². The van der Waals surface area contributed by atoms with Crippen LogP contribution < -0.4 is 5.32 Å². The smallest absolute Gasteiger partial charge is 0.314 e. The van der Waals surface area contributed by atoms with Gasteiger partial charge in [0.1, 0.15) is 0 Å². The third-order valence-electron chi connectivity index (χ3n) is 4.10. The molecule has 1 N–H and O–H groups in total. The third-order valence-corrected chi connectivity index (χ3v) is 4.10. The van der Waals surface area contributed by atoms with E-state index in [9.17, 15) is 13.2 Å². The van der Waals surface area contributed by atoms with E-state index in [0.717, 1.165) is 30.9 Å². The molecule has 1 aromatic carbocycles. The largest absolute Gasteiger partial charge is 0.416 e. The van der Waals surface area contributed by atoms with Crippen LogP contribution in [-0.2, 0) is 12.6 Å². The van der Waals surface area contributed by atoms with E-state index in [1.165, 1.54) is 31.4 Å². The summed E-state index contributed by atoms with van der Waals surface area (Å²) in [6.45, 7) is 2.97. The number of hydrogen-bond donors (Lipinski definition) is 1. The molecule has 0 bridgehead atoms. The van der Waals surface area contributed by atoms with Crippen molar-refractivity contribution in [2.24, 2.45) is 5.92 Å². The highest BCUT2D eigenvalue weighted by atomic mass is 19.4. The first kappa shape index (κ1) is 15.4. The van der Waals surface area contributed by atoms with Crippen LogP contribution in [0.1, 0.15) is 43.7 Å². The second kappa shape index (κ2) is 6.61. The summed E-state index contributed by atoms with van der Waals surface area (Å²) in [5.74, 6) is 0.800. The summed E-state index contributed by atoms with van der Waals surface area (Å²) in [5.41, 5.74) is 0.406. The molecule has 0 amide bonds. The van der Waals surface area contributed by atoms with Crippen LogP contribution in [0.2, 0.25) is 0 Å². The van der Waals surface area contributed by atoms with Crippen molar-refractivity contribution in [2.75, 3.05) is 6.54 Å². The summed E-state index contributed by atoms with van der Waals surface area (Å²) < 4.78 is 37.5. The van der Waals surface area contributed by atoms with E-state index in [1.54, 1.807) is 12.1 Å². The normalized spacial score (nSPS) is 17.8. The summed E-state index contributed by atoms with van der Waals surface area (Å²) in [6, 6.07) is 5.95. The van der Waals surface area contributed by atoms with Gasteiger partial charge >= 0.3 is 6.18 Å². The molecular formula is C16H22F3N. The van der Waals surface area contributed by atoms with Crippen molar-refractivity contribution in [1.29, 1.82) is 0 Å². The summed E-state index contributed by atoms with van der Waals surface area (Å²) in [5, 5.41) is 3.45. The number of halogens is 3. The molecule has 0 saturated heterocycles. The van der Waals surface area contributed by atoms with Gasteiger partial charge in [-0.1, -0.05) is 38.3 Å². The minimum atomic E-state index is -4.24. The van der Waals surface area contributed by atoms with Gasteiger partial charge in [-0.25, -0.2) is 0 Å². The molecule has 1 saturated carbocycles. The Morgan fingerprint density at radius 2 is 1.85 bits per heavy atom. The summed E-state index contributed by atoms with van der Waals surface area (Å²) in [4.78, 5) is 0. The lowest BCUT2D eigenvalue weighted by molar-refractivity contribution is -0.137. The van der Waals surface area contributed by atoms with Crippen LogP contribution in [-0.4, -0.2) is 12.6 Å². The van der Waals surface area contributed by atoms with Gasteiger partial charge < -0.3 is 5.32 Å². The van der Waals surface area contributed by atoms with Crippen LogP contribution in [0.15, 0.2) is 24.3 Å². The average Bonchev–Trinajstić information content (AvgIpc) is 2.33. The van der Waals surface area contributed by atoms with E-state index in [0.29, 0.717) is 6.04 Å². The molecule has 1 aromatic rings. The first-order valence-electron chi connectivity index (χ1n) is 7.38. The summed E-state index contributed by atoms with van der Waals surface area (Å²) >= 11 is 0. The second-order valence-corrected chi connectivity index (χ2v) is 5.69. The van der Waals surface area contributed by atoms with Gasteiger partial charge in [0.15, 0.2) is 0 Å². The Morgan fingerprint density at radius 1 is 1.20 bits per heavy atom. The Kier molecular flexibility index (Phi) is 5.08. The average molecular weight is 285 g/mol. The molecular weight excluding hydrogens is 263 g/mol. The van der Waals surface area contributed by atoms with Crippen LogP contribution in [0.3, 0.4) is 0 Å². The predicted octanol–water partition coefficient (Wildman–Crippen LogP) is 4.42. The zero-order chi connectivity index (χ0) is 14.6. The van der Waals surface area contributed by atoms with E-state index in [-0.39, 0.29) is 0 Å². The SMILES string of the molecule is CCNC(Cc1ccc(C(F)(F)F)cc1)CC1CCC1. The van der Waals surface area contributed by atoms with Gasteiger partial charge in [0.25, 0.3) is 0 Å². The zero-order valence-corrected chi connectivity index (χ0v) is 11.8. The highest BCUT2D eigenvalue weighted by Gasteiger charge is 2.30. The second-order valence-electron chi connectivity index (χ2n) is 5.69. The predicted molar refractivity (Wildman–Crippen MR) is 74.6 cm³/mol. The first-order chi connectivity index (χ1) is 9.49. The Morgan fingerprint density at radius 3 is 2.30 bits per heavy atom. The maximum atomic E-state index is 12.5. The molecule has 1 atom stereocenters. The van der Waals surface area contributed by atoms with E-state index >= 15 is 0 Å². The fraction of sp³-hybridized carbons (Fsp3) is 0.625. The Labute approximate surface area is 118 Å². The lowest BCUT2D eigenvalue weighted by Gasteiger charge is -2.30. The van der Waals surface area contributed by atoms with Crippen LogP contribution >= 0.6 is 0 Å². The lowest BCUT2D eigenvalue weighted by atomic mass is 9.80. The zero-order valence-electron chi connectivity index (χ0n) is 11.8. The molecule has 0 spiro atoms. The molecule has 4 heteroatoms.